The molecule has 6 heterocycles. The first-order chi connectivity index (χ1) is 48.0. The van der Waals surface area contributed by atoms with Crippen LogP contribution in [-0.2, 0) is 73.1 Å². The second-order valence-electron chi connectivity index (χ2n) is 25.7. The van der Waals surface area contributed by atoms with Gasteiger partial charge in [-0.15, -0.1) is 5.10 Å². The Hall–Kier alpha value is -5.63. The van der Waals surface area contributed by atoms with E-state index in [1.54, 1.807) is 20.0 Å². The van der Waals surface area contributed by atoms with E-state index in [9.17, 15) is 84.9 Å². The predicted octanol–water partition coefficient (Wildman–Crippen LogP) is -4.70. The van der Waals surface area contributed by atoms with E-state index in [0.29, 0.717) is 68.1 Å². The third kappa shape index (κ3) is 22.4. The molecule has 8 rings (SSSR count). The van der Waals surface area contributed by atoms with Gasteiger partial charge in [0.05, 0.1) is 109 Å². The lowest BCUT2D eigenvalue weighted by molar-refractivity contribution is -0.367. The van der Waals surface area contributed by atoms with Gasteiger partial charge in [0, 0.05) is 67.6 Å². The molecule has 0 radical (unpaired) electrons. The van der Waals surface area contributed by atoms with E-state index in [1.165, 1.54) is 16.8 Å². The highest BCUT2D eigenvalue weighted by molar-refractivity contribution is 8.00. The number of amides is 6. The molecule has 17 N–H and O–H groups in total. The summed E-state index contributed by atoms with van der Waals surface area (Å²) in [4.78, 5) is 76.4. The first kappa shape index (κ1) is 80.1. The lowest BCUT2D eigenvalue weighted by Gasteiger charge is -2.48. The summed E-state index contributed by atoms with van der Waals surface area (Å²) < 4.78 is 57.8. The fraction of sp³-hybridized carbons (Fsp3) is 0.778. The smallest absolute Gasteiger partial charge is 0.364 e. The fourth-order valence-electron chi connectivity index (χ4n) is 12.7. The fourth-order valence-corrected chi connectivity index (χ4v) is 14.2. The number of unbranched alkanes of at least 4 members (excludes halogenated alkanes) is 1. The van der Waals surface area contributed by atoms with Gasteiger partial charge in [-0.25, -0.2) is 14.3 Å². The van der Waals surface area contributed by atoms with Crippen molar-refractivity contribution in [3.63, 3.8) is 0 Å². The van der Waals surface area contributed by atoms with Crippen LogP contribution >= 0.6 is 11.8 Å². The highest BCUT2D eigenvalue weighted by Gasteiger charge is 2.58. The predicted molar refractivity (Wildman–Crippen MR) is 345 cm³/mol. The number of aliphatic hydroxyl groups is 9. The maximum atomic E-state index is 13.7. The zero-order valence-corrected chi connectivity index (χ0v) is 56.8. The van der Waals surface area contributed by atoms with Crippen LogP contribution in [0.4, 0.5) is 4.79 Å². The van der Waals surface area contributed by atoms with Gasteiger partial charge in [0.15, 0.2) is 12.6 Å². The van der Waals surface area contributed by atoms with Gasteiger partial charge >= 0.3 is 12.0 Å². The standard InChI is InChI=1S/C63H99N9O27S/c1-33-24-36(25-34(2)49(33)79)58(86)66-27-40(75)50(80)57-48(68-46(78)29-72-28-37(70-71-72)35-8-4-3-5-9-35)39(74)26-63(99-57,61(87)88)95-31-42-51(81)52(82)54(84)60(97-42)98-56-41(30-73)96-59(55(85)53(56)83)94-17-14-65-45(77)12-15-90-18-20-92-22-23-93-21-19-91-16-13-64-44(76)11-7-6-10-43-47-38(32-100-43)67-62(89)69-47/h24-25,28,35,38-43,47-48,50-57,59-60,73-75,79-85H,3-23,26-27,29-32H2,1-2H3,(H,64,76)(H,65,77)(H,66,86)(H,68,78)(H,87,88)(H2,67,69,89)/t38?,39-,40+,41+,42+,43-,47?,48+,50+,51?,52-,53+,54+,55+,56+,57+,59+,60?,63+/m0/s1. The molecule has 19 atom stereocenters. The van der Waals surface area contributed by atoms with E-state index in [1.807, 2.05) is 11.8 Å². The Morgan fingerprint density at radius 2 is 1.40 bits per heavy atom. The van der Waals surface area contributed by atoms with Crippen molar-refractivity contribution in [3.8, 4) is 5.75 Å². The molecule has 5 aliphatic heterocycles. The highest BCUT2D eigenvalue weighted by Crippen LogP contribution is 2.38. The minimum atomic E-state index is -3.01. The van der Waals surface area contributed by atoms with Crippen LogP contribution in [0.1, 0.15) is 104 Å². The molecular formula is C63H99N9O27S. The van der Waals surface area contributed by atoms with E-state index >= 15 is 0 Å². The molecule has 100 heavy (non-hydrogen) atoms. The number of rotatable bonds is 40. The Labute approximate surface area is 581 Å². The van der Waals surface area contributed by atoms with E-state index in [-0.39, 0.29) is 80.6 Å². The number of urea groups is 1. The second kappa shape index (κ2) is 39.3. The Balaban J connectivity index is 0.728. The third-order valence-corrected chi connectivity index (χ3v) is 19.8. The summed E-state index contributed by atoms with van der Waals surface area (Å²) in [7, 11) is 0. The molecule has 5 saturated heterocycles. The number of benzene rings is 1. The molecule has 6 aliphatic rings. The SMILES string of the molecule is Cc1cc(C(=O)NC[C@@H](O)[C@@H](O)[C@@H]2O[C@@](OC[C@H]3OC(O[C@H]4[C@H](O)[C@@H](O)[C@H](OCCNC(=O)CCOCCOCCOCCOCCNC(=O)CCCC[C@@H]5SCC6NC(=O)NC65)O[C@@H]4CO)[C@H](O)[C@@H](O)C3O)(C(=O)O)C[C@H](O)[C@H]2NC(=O)Cn2cc(C3CCCCC3)nn2)cc(C)c1O. The number of phenols is 1. The molecule has 1 aromatic heterocycles. The summed E-state index contributed by atoms with van der Waals surface area (Å²) in [5.41, 5.74) is 1.50. The quantitative estimate of drug-likeness (QED) is 0.0220. The normalized spacial score (nSPS) is 30.6. The minimum absolute atomic E-state index is 0.0231. The second-order valence-corrected chi connectivity index (χ2v) is 27.0. The number of carbonyl (C=O) groups excluding carboxylic acids is 5. The van der Waals surface area contributed by atoms with Crippen molar-refractivity contribution >= 4 is 47.4 Å². The van der Waals surface area contributed by atoms with Crippen LogP contribution in [0.2, 0.25) is 0 Å². The number of aromatic hydroxyl groups is 1. The van der Waals surface area contributed by atoms with Gasteiger partial charge in [0.2, 0.25) is 17.7 Å². The number of carboxylic acids is 1. The molecule has 2 aromatic rings. The number of phenolic OH excluding ortho intramolecular Hbond substituents is 1. The summed E-state index contributed by atoms with van der Waals surface area (Å²) in [6.07, 6.45) is -18.7. The van der Waals surface area contributed by atoms with Gasteiger partial charge in [-0.2, -0.15) is 11.8 Å². The van der Waals surface area contributed by atoms with Crippen LogP contribution in [0.5, 0.6) is 5.75 Å². The number of carboxylic acid groups (broad SMARTS) is 1. The number of hydrogen-bond acceptors (Lipinski definition) is 29. The maximum Gasteiger partial charge on any atom is 0.364 e. The summed E-state index contributed by atoms with van der Waals surface area (Å²) in [6.45, 7) is 2.18. The Bertz CT molecular complexity index is 2920. The molecular weight excluding hydrogens is 1350 g/mol. The van der Waals surface area contributed by atoms with Crippen molar-refractivity contribution in [3.05, 3.63) is 40.7 Å². The molecule has 4 unspecified atom stereocenters. The number of aliphatic hydroxyl groups excluding tert-OH is 9. The average Bonchev–Trinajstić information content (AvgIpc) is 0.929. The van der Waals surface area contributed by atoms with E-state index < -0.39 is 154 Å². The number of aliphatic carboxylic acids is 1. The number of carbonyl (C=O) groups is 6. The molecule has 1 aromatic carbocycles. The van der Waals surface area contributed by atoms with Gasteiger partial charge in [-0.05, 0) is 62.8 Å². The number of aromatic nitrogens is 3. The van der Waals surface area contributed by atoms with Crippen molar-refractivity contribution in [2.24, 2.45) is 0 Å². The molecule has 36 nitrogen and oxygen atoms in total. The van der Waals surface area contributed by atoms with E-state index in [4.69, 9.17) is 47.4 Å². The van der Waals surface area contributed by atoms with Gasteiger partial charge in [0.25, 0.3) is 11.7 Å². The zero-order valence-electron chi connectivity index (χ0n) is 56.0. The van der Waals surface area contributed by atoms with Crippen LogP contribution in [0, 0.1) is 13.8 Å². The lowest BCUT2D eigenvalue weighted by atomic mass is 9.87. The summed E-state index contributed by atoms with van der Waals surface area (Å²) >= 11 is 1.86. The Morgan fingerprint density at radius 1 is 0.760 bits per heavy atom. The number of ether oxygens (including phenoxy) is 10. The minimum Gasteiger partial charge on any atom is -0.507 e. The topological polar surface area (TPSA) is 520 Å². The number of hydrogen-bond donors (Lipinski definition) is 17. The van der Waals surface area contributed by atoms with Crippen molar-refractivity contribution in [1.29, 1.82) is 0 Å². The average molecular weight is 1450 g/mol. The van der Waals surface area contributed by atoms with Gasteiger partial charge < -0.3 is 135 Å². The summed E-state index contributed by atoms with van der Waals surface area (Å²) in [5, 5.41) is 147. The molecule has 1 saturated carbocycles. The highest BCUT2D eigenvalue weighted by atomic mass is 32.2. The number of nitrogens with zero attached hydrogens (tertiary/aromatic N) is 3. The molecule has 6 amide bonds. The van der Waals surface area contributed by atoms with Crippen LogP contribution in [0.15, 0.2) is 18.3 Å². The van der Waals surface area contributed by atoms with Crippen LogP contribution in [-0.4, -0.2) is 320 Å². The molecule has 1 aliphatic carbocycles. The van der Waals surface area contributed by atoms with Crippen LogP contribution in [0.3, 0.4) is 0 Å². The van der Waals surface area contributed by atoms with Crippen LogP contribution in [0.25, 0.3) is 0 Å². The van der Waals surface area contributed by atoms with E-state index in [2.05, 4.69) is 42.2 Å². The molecule has 6 fully saturated rings. The summed E-state index contributed by atoms with van der Waals surface area (Å²) in [5.74, 6) is -5.95. The Kier molecular flexibility index (Phi) is 31.5. The third-order valence-electron chi connectivity index (χ3n) is 18.3. The lowest BCUT2D eigenvalue weighted by Crippen LogP contribution is -2.69. The van der Waals surface area contributed by atoms with Gasteiger partial charge in [-0.1, -0.05) is 30.9 Å². The van der Waals surface area contributed by atoms with Crippen molar-refractivity contribution in [2.75, 3.05) is 98.1 Å². The molecule has 564 valence electrons. The first-order valence-electron chi connectivity index (χ1n) is 34.0. The van der Waals surface area contributed by atoms with Gasteiger partial charge in [-0.3, -0.25) is 19.2 Å². The summed E-state index contributed by atoms with van der Waals surface area (Å²) in [6, 6.07) is 1.31. The molecule has 0 spiro atoms. The van der Waals surface area contributed by atoms with Gasteiger partial charge in [0.1, 0.15) is 73.3 Å². The number of fused-ring (bicyclic) bond motifs is 1. The largest absolute Gasteiger partial charge is 0.507 e. The van der Waals surface area contributed by atoms with Crippen molar-refractivity contribution < 1.29 is 132 Å². The monoisotopic (exact) mass is 1450 g/mol. The Morgan fingerprint density at radius 3 is 2.08 bits per heavy atom. The van der Waals surface area contributed by atoms with Crippen molar-refractivity contribution in [1.82, 2.24) is 46.9 Å². The number of thioether (sulfide) groups is 1. The van der Waals surface area contributed by atoms with Crippen LogP contribution < -0.4 is 31.9 Å². The maximum absolute atomic E-state index is 13.7. The molecule has 0 bridgehead atoms. The number of aryl methyl sites for hydroxylation is 2. The van der Waals surface area contributed by atoms with E-state index in [0.717, 1.165) is 57.1 Å². The zero-order chi connectivity index (χ0) is 72.0. The molecule has 37 heteroatoms. The van der Waals surface area contributed by atoms with Crippen molar-refractivity contribution in [2.45, 2.75) is 212 Å². The number of nitrogens with one attached hydrogen (secondary N) is 6. The first-order valence-corrected chi connectivity index (χ1v) is 35.0.